The lowest BCUT2D eigenvalue weighted by Gasteiger charge is -2.11. The Morgan fingerprint density at radius 1 is 1.03 bits per heavy atom. The summed E-state index contributed by atoms with van der Waals surface area (Å²) >= 11 is 0. The number of aromatic nitrogens is 2. The molecule has 0 fully saturated rings. The molecule has 2 aromatic carbocycles. The lowest BCUT2D eigenvalue weighted by molar-refractivity contribution is -0.117. The number of hydrogen-bond donors (Lipinski definition) is 2. The molecule has 3 rings (SSSR count). The van der Waals surface area contributed by atoms with E-state index in [1.54, 1.807) is 49.4 Å². The second-order valence-corrected chi connectivity index (χ2v) is 7.38. The van der Waals surface area contributed by atoms with Gasteiger partial charge >= 0.3 is 0 Å². The molecule has 0 aliphatic heterocycles. The molecule has 0 unspecified atom stereocenters. The third kappa shape index (κ3) is 5.26. The highest BCUT2D eigenvalue weighted by Gasteiger charge is 2.17. The number of carbonyl (C=O) groups excluding carboxylic acids is 2. The Morgan fingerprint density at radius 3 is 2.44 bits per heavy atom. The van der Waals surface area contributed by atoms with Gasteiger partial charge in [0.2, 0.25) is 0 Å². The second kappa shape index (κ2) is 10.5. The molecule has 3 aromatic rings. The number of unbranched alkanes of at least 4 members (excludes halogenated alkanes) is 2. The Kier molecular flexibility index (Phi) is 7.49. The monoisotopic (exact) mass is 436 g/mol. The third-order valence-corrected chi connectivity index (χ3v) is 5.00. The third-order valence-electron chi connectivity index (χ3n) is 5.00. The molecule has 0 saturated carbocycles. The van der Waals surface area contributed by atoms with Gasteiger partial charge in [-0.05, 0) is 31.1 Å². The summed E-state index contributed by atoms with van der Waals surface area (Å²) in [6.07, 6.45) is 3.88. The van der Waals surface area contributed by atoms with E-state index in [0.717, 1.165) is 19.3 Å². The van der Waals surface area contributed by atoms with Crippen LogP contribution in [0.5, 0.6) is 0 Å². The summed E-state index contributed by atoms with van der Waals surface area (Å²) in [6.45, 7) is 4.05. The normalized spacial score (nSPS) is 11.4. The minimum Gasteiger partial charge on any atom is -0.268 e. The Hall–Kier alpha value is -3.81. The molecule has 0 aliphatic rings. The molecule has 7 nitrogen and oxygen atoms in total. The van der Waals surface area contributed by atoms with Gasteiger partial charge in [0.05, 0.1) is 5.39 Å². The molecule has 0 aliphatic carbocycles. The first kappa shape index (κ1) is 22.9. The first-order valence-corrected chi connectivity index (χ1v) is 10.5. The van der Waals surface area contributed by atoms with Crippen LogP contribution >= 0.6 is 0 Å². The van der Waals surface area contributed by atoms with E-state index in [1.807, 2.05) is 0 Å². The van der Waals surface area contributed by atoms with Crippen LogP contribution in [0.4, 0.5) is 4.39 Å². The summed E-state index contributed by atoms with van der Waals surface area (Å²) in [5, 5.41) is 5.02. The van der Waals surface area contributed by atoms with Crippen molar-refractivity contribution in [3.63, 3.8) is 0 Å². The topological polar surface area (TPSA) is 93.1 Å². The van der Waals surface area contributed by atoms with Gasteiger partial charge in [-0.2, -0.15) is 5.10 Å². The maximum Gasteiger partial charge on any atom is 0.290 e. The van der Waals surface area contributed by atoms with E-state index in [0.29, 0.717) is 28.5 Å². The predicted octanol–water partition coefficient (Wildman–Crippen LogP) is 3.59. The van der Waals surface area contributed by atoms with Crippen molar-refractivity contribution >= 4 is 28.2 Å². The average Bonchev–Trinajstić information content (AvgIpc) is 2.79. The summed E-state index contributed by atoms with van der Waals surface area (Å²) in [5.74, 6) is -1.73. The fourth-order valence-electron chi connectivity index (χ4n) is 3.34. The van der Waals surface area contributed by atoms with E-state index in [1.165, 1.54) is 16.8 Å². The first-order chi connectivity index (χ1) is 15.4. The zero-order chi connectivity index (χ0) is 23.1. The zero-order valence-electron chi connectivity index (χ0n) is 18.0. The number of hydrogen-bond acceptors (Lipinski definition) is 4. The van der Waals surface area contributed by atoms with Crippen molar-refractivity contribution in [1.82, 2.24) is 20.6 Å². The van der Waals surface area contributed by atoms with Gasteiger partial charge in [-0.1, -0.05) is 56.2 Å². The molecule has 1 aromatic heterocycles. The Bertz CT molecular complexity index is 1230. The van der Waals surface area contributed by atoms with Crippen LogP contribution in [0, 0.1) is 5.82 Å². The number of rotatable bonds is 7. The zero-order valence-corrected chi connectivity index (χ0v) is 18.0. The van der Waals surface area contributed by atoms with Crippen LogP contribution in [0.3, 0.4) is 0 Å². The van der Waals surface area contributed by atoms with Crippen LogP contribution < -0.4 is 16.4 Å². The molecule has 166 valence electrons. The number of allylic oxidation sites excluding steroid dienone is 1. The number of amides is 2. The lowest BCUT2D eigenvalue weighted by Crippen LogP contribution is -2.42. The molecule has 0 atom stereocenters. The van der Waals surface area contributed by atoms with Crippen LogP contribution in [0.15, 0.2) is 59.4 Å². The number of nitrogens with zero attached hydrogens (tertiary/aromatic N) is 2. The van der Waals surface area contributed by atoms with Crippen molar-refractivity contribution in [3.05, 3.63) is 82.0 Å². The van der Waals surface area contributed by atoms with Crippen LogP contribution in [-0.2, 0) is 11.3 Å². The fourth-order valence-corrected chi connectivity index (χ4v) is 3.34. The van der Waals surface area contributed by atoms with Crippen LogP contribution in [0.1, 0.15) is 49.2 Å². The summed E-state index contributed by atoms with van der Waals surface area (Å²) in [7, 11) is 0. The fraction of sp³-hybridized carbons (Fsp3) is 0.250. The number of carbonyl (C=O) groups is 2. The molecule has 0 radical (unpaired) electrons. The van der Waals surface area contributed by atoms with Crippen molar-refractivity contribution < 1.29 is 14.0 Å². The molecular formula is C24H25FN4O3. The lowest BCUT2D eigenvalue weighted by atomic mass is 10.1. The van der Waals surface area contributed by atoms with Gasteiger partial charge in [0, 0.05) is 23.6 Å². The maximum atomic E-state index is 13.9. The molecule has 0 saturated heterocycles. The van der Waals surface area contributed by atoms with E-state index in [9.17, 15) is 18.8 Å². The van der Waals surface area contributed by atoms with E-state index in [4.69, 9.17) is 0 Å². The van der Waals surface area contributed by atoms with Gasteiger partial charge in [0.25, 0.3) is 17.4 Å². The van der Waals surface area contributed by atoms with Gasteiger partial charge in [-0.25, -0.2) is 9.07 Å². The number of nitrogens with one attached hydrogen (secondary N) is 2. The van der Waals surface area contributed by atoms with Crippen LogP contribution in [-0.4, -0.2) is 21.6 Å². The highest BCUT2D eigenvalue weighted by atomic mass is 19.1. The van der Waals surface area contributed by atoms with Gasteiger partial charge in [0.1, 0.15) is 5.82 Å². The summed E-state index contributed by atoms with van der Waals surface area (Å²) in [4.78, 5) is 37.7. The Balaban J connectivity index is 1.80. The summed E-state index contributed by atoms with van der Waals surface area (Å²) in [5.41, 5.74) is 5.08. The number of aryl methyl sites for hydroxylation is 1. The smallest absolute Gasteiger partial charge is 0.268 e. The quantitative estimate of drug-likeness (QED) is 0.336. The number of fused-ring (bicyclic) bond motifs is 1. The van der Waals surface area contributed by atoms with E-state index in [2.05, 4.69) is 22.9 Å². The molecule has 2 N–H and O–H groups in total. The number of benzene rings is 2. The van der Waals surface area contributed by atoms with Gasteiger partial charge in [-0.15, -0.1) is 0 Å². The number of hydrazine groups is 1. The largest absolute Gasteiger partial charge is 0.290 e. The Morgan fingerprint density at radius 2 is 1.72 bits per heavy atom. The van der Waals surface area contributed by atoms with Crippen molar-refractivity contribution in [3.8, 4) is 0 Å². The highest BCUT2D eigenvalue weighted by molar-refractivity contribution is 6.06. The Labute approximate surface area is 184 Å². The van der Waals surface area contributed by atoms with Crippen molar-refractivity contribution in [2.75, 3.05) is 0 Å². The highest BCUT2D eigenvalue weighted by Crippen LogP contribution is 2.17. The predicted molar refractivity (Wildman–Crippen MR) is 121 cm³/mol. The molecule has 8 heteroatoms. The molecular weight excluding hydrogens is 411 g/mol. The summed E-state index contributed by atoms with van der Waals surface area (Å²) < 4.78 is 15.2. The molecule has 0 bridgehead atoms. The maximum absolute atomic E-state index is 13.9. The standard InChI is InChI=1S/C24H25FN4O3/c1-3-4-9-14-29-24(32)19-12-6-5-11-18(19)22(28-29)23(31)27-26-21(30)15-16(2)17-10-7-8-13-20(17)25/h5-8,10-13,15H,3-4,9,14H2,1-2H3,(H,26,30)(H,27,31). The molecule has 0 spiro atoms. The van der Waals surface area contributed by atoms with Gasteiger partial charge in [0.15, 0.2) is 5.69 Å². The minimum atomic E-state index is -0.657. The van der Waals surface area contributed by atoms with E-state index in [-0.39, 0.29) is 11.3 Å². The first-order valence-electron chi connectivity index (χ1n) is 10.5. The second-order valence-electron chi connectivity index (χ2n) is 7.38. The number of halogens is 1. The van der Waals surface area contributed by atoms with Crippen molar-refractivity contribution in [2.45, 2.75) is 39.7 Å². The van der Waals surface area contributed by atoms with Gasteiger partial charge < -0.3 is 0 Å². The van der Waals surface area contributed by atoms with E-state index >= 15 is 0 Å². The SMILES string of the molecule is CCCCCn1nc(C(=O)NNC(=O)C=C(C)c2ccccc2F)c2ccccc2c1=O. The minimum absolute atomic E-state index is 0.0341. The summed E-state index contributed by atoms with van der Waals surface area (Å²) in [6, 6.07) is 12.8. The van der Waals surface area contributed by atoms with Gasteiger partial charge in [-0.3, -0.25) is 25.2 Å². The average molecular weight is 436 g/mol. The molecule has 32 heavy (non-hydrogen) atoms. The van der Waals surface area contributed by atoms with Crippen LogP contribution in [0.2, 0.25) is 0 Å². The van der Waals surface area contributed by atoms with E-state index < -0.39 is 17.6 Å². The van der Waals surface area contributed by atoms with Crippen molar-refractivity contribution in [2.24, 2.45) is 0 Å². The molecule has 1 heterocycles. The molecule has 2 amide bonds. The van der Waals surface area contributed by atoms with Crippen LogP contribution in [0.25, 0.3) is 16.3 Å². The van der Waals surface area contributed by atoms with Crippen molar-refractivity contribution in [1.29, 1.82) is 0 Å².